The number of aryl methyl sites for hydroxylation is 2. The van der Waals surface area contributed by atoms with Crippen LogP contribution in [0.4, 0.5) is 5.69 Å². The van der Waals surface area contributed by atoms with Crippen molar-refractivity contribution in [2.24, 2.45) is 5.92 Å². The zero-order valence-electron chi connectivity index (χ0n) is 18.7. The highest BCUT2D eigenvalue weighted by atomic mass is 32.2. The maximum atomic E-state index is 13.5. The Balaban J connectivity index is 1.79. The molecule has 0 amide bonds. The van der Waals surface area contributed by atoms with Crippen LogP contribution in [0, 0.1) is 19.8 Å². The molecule has 1 aliphatic heterocycles. The molecule has 0 saturated carbocycles. The van der Waals surface area contributed by atoms with E-state index in [9.17, 15) is 23.7 Å². The van der Waals surface area contributed by atoms with Crippen LogP contribution in [-0.2, 0) is 14.8 Å². The smallest absolute Gasteiger partial charge is 0.264 e. The number of aliphatic hydroxyl groups excluding tert-OH is 3. The van der Waals surface area contributed by atoms with Gasteiger partial charge in [-0.2, -0.15) is 0 Å². The Kier molecular flexibility index (Phi) is 7.46. The number of nitrogens with zero attached hydrogens (tertiary/aromatic N) is 1. The zero-order chi connectivity index (χ0) is 23.6. The fourth-order valence-electron chi connectivity index (χ4n) is 3.62. The van der Waals surface area contributed by atoms with E-state index in [1.54, 1.807) is 0 Å². The van der Waals surface area contributed by atoms with E-state index in [2.05, 4.69) is 0 Å². The highest BCUT2D eigenvalue weighted by Crippen LogP contribution is 2.29. The minimum absolute atomic E-state index is 0.108. The van der Waals surface area contributed by atoms with Crippen LogP contribution in [-0.4, -0.2) is 61.5 Å². The van der Waals surface area contributed by atoms with E-state index in [-0.39, 0.29) is 17.4 Å². The van der Waals surface area contributed by atoms with Crippen molar-refractivity contribution in [2.45, 2.75) is 57.2 Å². The van der Waals surface area contributed by atoms with Gasteiger partial charge in [0.2, 0.25) is 0 Å². The van der Waals surface area contributed by atoms with Crippen LogP contribution in [0.1, 0.15) is 25.0 Å². The molecular weight excluding hydrogens is 434 g/mol. The monoisotopic (exact) mass is 465 g/mol. The summed E-state index contributed by atoms with van der Waals surface area (Å²) in [6, 6.07) is 11.7. The Morgan fingerprint density at radius 2 is 1.69 bits per heavy atom. The van der Waals surface area contributed by atoms with E-state index >= 15 is 0 Å². The molecule has 0 aromatic heterocycles. The second-order valence-electron chi connectivity index (χ2n) is 8.55. The summed E-state index contributed by atoms with van der Waals surface area (Å²) >= 11 is 0. The van der Waals surface area contributed by atoms with E-state index in [1.165, 1.54) is 28.6 Å². The van der Waals surface area contributed by atoms with Crippen molar-refractivity contribution in [3.63, 3.8) is 0 Å². The summed E-state index contributed by atoms with van der Waals surface area (Å²) in [6.07, 6.45) is -5.03. The van der Waals surface area contributed by atoms with Gasteiger partial charge in [0.15, 0.2) is 6.29 Å². The third-order valence-electron chi connectivity index (χ3n) is 5.32. The maximum Gasteiger partial charge on any atom is 0.264 e. The second-order valence-corrected chi connectivity index (χ2v) is 10.4. The molecule has 32 heavy (non-hydrogen) atoms. The zero-order valence-corrected chi connectivity index (χ0v) is 19.5. The first-order valence-corrected chi connectivity index (χ1v) is 12.0. The molecule has 0 bridgehead atoms. The number of anilines is 1. The average Bonchev–Trinajstić information content (AvgIpc) is 2.98. The van der Waals surface area contributed by atoms with Gasteiger partial charge in [0, 0.05) is 6.54 Å². The van der Waals surface area contributed by atoms with Crippen molar-refractivity contribution < 1.29 is 33.2 Å². The molecule has 3 N–H and O–H groups in total. The molecule has 8 nitrogen and oxygen atoms in total. The van der Waals surface area contributed by atoms with Crippen LogP contribution in [0.25, 0.3) is 0 Å². The summed E-state index contributed by atoms with van der Waals surface area (Å²) in [7, 11) is -3.81. The third kappa shape index (κ3) is 5.24. The fourth-order valence-corrected chi connectivity index (χ4v) is 5.32. The first-order valence-electron chi connectivity index (χ1n) is 10.5. The number of aliphatic hydroxyl groups is 3. The van der Waals surface area contributed by atoms with Crippen molar-refractivity contribution in [1.29, 1.82) is 0 Å². The summed E-state index contributed by atoms with van der Waals surface area (Å²) < 4.78 is 39.0. The normalized spacial score (nSPS) is 23.5. The second kappa shape index (κ2) is 9.76. The van der Waals surface area contributed by atoms with E-state index in [0.717, 1.165) is 11.1 Å². The molecule has 0 spiro atoms. The first-order chi connectivity index (χ1) is 15.0. The van der Waals surface area contributed by atoms with Gasteiger partial charge in [0.25, 0.3) is 10.0 Å². The number of hydrogen-bond acceptors (Lipinski definition) is 7. The molecule has 1 aliphatic rings. The Hall–Kier alpha value is -2.17. The topological polar surface area (TPSA) is 117 Å². The first kappa shape index (κ1) is 24.5. The van der Waals surface area contributed by atoms with Gasteiger partial charge in [-0.1, -0.05) is 31.5 Å². The van der Waals surface area contributed by atoms with Gasteiger partial charge in [0.1, 0.15) is 30.7 Å². The summed E-state index contributed by atoms with van der Waals surface area (Å²) in [5, 5.41) is 28.8. The van der Waals surface area contributed by atoms with Crippen molar-refractivity contribution >= 4 is 15.7 Å². The molecule has 9 heteroatoms. The van der Waals surface area contributed by atoms with Gasteiger partial charge in [-0.3, -0.25) is 4.31 Å². The molecule has 0 radical (unpaired) electrons. The third-order valence-corrected chi connectivity index (χ3v) is 7.11. The molecule has 1 unspecified atom stereocenters. The maximum absolute atomic E-state index is 13.5. The highest BCUT2D eigenvalue weighted by Gasteiger charge is 2.42. The quantitative estimate of drug-likeness (QED) is 0.546. The predicted octanol–water partition coefficient (Wildman–Crippen LogP) is 1.97. The van der Waals surface area contributed by atoms with Crippen LogP contribution in [0.15, 0.2) is 47.4 Å². The molecule has 2 aromatic rings. The lowest BCUT2D eigenvalue weighted by molar-refractivity contribution is -0.131. The number of benzene rings is 2. The number of ether oxygens (including phenoxy) is 2. The molecule has 1 heterocycles. The minimum Gasteiger partial charge on any atom is -0.491 e. The molecule has 176 valence electrons. The van der Waals surface area contributed by atoms with Gasteiger partial charge in [0.05, 0.1) is 10.6 Å². The average molecular weight is 466 g/mol. The lowest BCUT2D eigenvalue weighted by atomic mass is 10.1. The van der Waals surface area contributed by atoms with Crippen LogP contribution >= 0.6 is 0 Å². The van der Waals surface area contributed by atoms with Gasteiger partial charge >= 0.3 is 0 Å². The number of rotatable bonds is 8. The van der Waals surface area contributed by atoms with Crippen LogP contribution in [0.3, 0.4) is 0 Å². The van der Waals surface area contributed by atoms with Gasteiger partial charge in [-0.05, 0) is 55.7 Å². The molecule has 4 atom stereocenters. The van der Waals surface area contributed by atoms with Crippen molar-refractivity contribution in [3.8, 4) is 5.75 Å². The Labute approximate surface area is 189 Å². The molecular formula is C23H31NO7S. The Morgan fingerprint density at radius 3 is 2.22 bits per heavy atom. The highest BCUT2D eigenvalue weighted by molar-refractivity contribution is 7.92. The SMILES string of the molecule is Cc1ccc(N(CC(C)C)S(=O)(=O)c2ccc(OCC3O[C@H](O)[C@@H](O)[C@H]3O)cc2)c(C)c1. The van der Waals surface area contributed by atoms with E-state index < -0.39 is 34.6 Å². The van der Waals surface area contributed by atoms with Gasteiger partial charge < -0.3 is 24.8 Å². The minimum atomic E-state index is -3.81. The van der Waals surface area contributed by atoms with E-state index in [1.807, 2.05) is 45.9 Å². The van der Waals surface area contributed by atoms with Gasteiger partial charge in [-0.25, -0.2) is 8.42 Å². The summed E-state index contributed by atoms with van der Waals surface area (Å²) in [6.45, 7) is 8.03. The van der Waals surface area contributed by atoms with Crippen LogP contribution in [0.5, 0.6) is 5.75 Å². The fraction of sp³-hybridized carbons (Fsp3) is 0.478. The Bertz CT molecular complexity index is 1020. The molecule has 1 fully saturated rings. The molecule has 1 saturated heterocycles. The van der Waals surface area contributed by atoms with Crippen molar-refractivity contribution in [3.05, 3.63) is 53.6 Å². The van der Waals surface area contributed by atoms with E-state index in [4.69, 9.17) is 9.47 Å². The number of sulfonamides is 1. The van der Waals surface area contributed by atoms with Crippen LogP contribution in [0.2, 0.25) is 0 Å². The summed E-state index contributed by atoms with van der Waals surface area (Å²) in [4.78, 5) is 0.133. The molecule has 3 rings (SSSR count). The standard InChI is InChI=1S/C23H31NO7S/c1-14(2)12-24(19-10-5-15(3)11-16(19)4)32(28,29)18-8-6-17(7-9-18)30-13-20-21(25)22(26)23(27)31-20/h5-11,14,20-23,25-27H,12-13H2,1-4H3/t20?,21-,22-,23-/m0/s1. The lowest BCUT2D eigenvalue weighted by Crippen LogP contribution is -2.35. The predicted molar refractivity (Wildman–Crippen MR) is 120 cm³/mol. The van der Waals surface area contributed by atoms with Gasteiger partial charge in [-0.15, -0.1) is 0 Å². The van der Waals surface area contributed by atoms with Crippen LogP contribution < -0.4 is 9.04 Å². The summed E-state index contributed by atoms with van der Waals surface area (Å²) in [5.41, 5.74) is 2.59. The Morgan fingerprint density at radius 1 is 1.03 bits per heavy atom. The lowest BCUT2D eigenvalue weighted by Gasteiger charge is -2.28. The summed E-state index contributed by atoms with van der Waals surface area (Å²) in [5.74, 6) is 0.495. The van der Waals surface area contributed by atoms with E-state index in [0.29, 0.717) is 18.0 Å². The van der Waals surface area contributed by atoms with Crippen molar-refractivity contribution in [2.75, 3.05) is 17.5 Å². The molecule has 0 aliphatic carbocycles. The largest absolute Gasteiger partial charge is 0.491 e. The number of hydrogen-bond donors (Lipinski definition) is 3. The van der Waals surface area contributed by atoms with Crippen molar-refractivity contribution in [1.82, 2.24) is 0 Å². The molecule has 2 aromatic carbocycles.